The molecule has 72 valence electrons. The molecule has 1 aliphatic carbocycles. The van der Waals surface area contributed by atoms with Crippen molar-refractivity contribution in [3.63, 3.8) is 0 Å². The van der Waals surface area contributed by atoms with E-state index < -0.39 is 0 Å². The summed E-state index contributed by atoms with van der Waals surface area (Å²) in [6.45, 7) is 7.93. The highest BCUT2D eigenvalue weighted by Gasteiger charge is 2.49. The minimum absolute atomic E-state index is 0.849. The largest absolute Gasteiger partial charge is 0.384 e. The summed E-state index contributed by atoms with van der Waals surface area (Å²) in [6.07, 6.45) is 2.73. The normalized spacial score (nSPS) is 34.2. The van der Waals surface area contributed by atoms with Gasteiger partial charge < -0.3 is 4.74 Å². The second kappa shape index (κ2) is 4.27. The van der Waals surface area contributed by atoms with Gasteiger partial charge in [0.05, 0.1) is 0 Å². The third-order valence-electron chi connectivity index (χ3n) is 3.15. The molecule has 0 bridgehead atoms. The van der Waals surface area contributed by atoms with Gasteiger partial charge >= 0.3 is 0 Å². The second-order valence-corrected chi connectivity index (χ2v) is 4.39. The van der Waals surface area contributed by atoms with Crippen LogP contribution in [0.2, 0.25) is 0 Å². The van der Waals surface area contributed by atoms with E-state index in [4.69, 9.17) is 4.74 Å². The number of methoxy groups -OCH3 is 1. The van der Waals surface area contributed by atoms with Crippen molar-refractivity contribution < 1.29 is 4.74 Å². The van der Waals surface area contributed by atoms with Gasteiger partial charge in [0.25, 0.3) is 0 Å². The highest BCUT2D eigenvalue weighted by molar-refractivity contribution is 4.97. The molecule has 0 N–H and O–H groups in total. The summed E-state index contributed by atoms with van der Waals surface area (Å²) in [4.78, 5) is 0. The number of hydrogen-bond acceptors (Lipinski definition) is 1. The van der Waals surface area contributed by atoms with Crippen LogP contribution in [0.3, 0.4) is 0 Å². The average molecular weight is 170 g/mol. The van der Waals surface area contributed by atoms with E-state index in [0.29, 0.717) is 0 Å². The molecule has 0 spiro atoms. The fraction of sp³-hybridized carbons (Fsp3) is 1.00. The summed E-state index contributed by atoms with van der Waals surface area (Å²) >= 11 is 0. The maximum atomic E-state index is 5.22. The van der Waals surface area contributed by atoms with Crippen molar-refractivity contribution in [3.8, 4) is 0 Å². The predicted octanol–water partition coefficient (Wildman–Crippen LogP) is 2.95. The van der Waals surface area contributed by atoms with Gasteiger partial charge in [0, 0.05) is 13.7 Å². The lowest BCUT2D eigenvalue weighted by molar-refractivity contribution is 0.174. The van der Waals surface area contributed by atoms with Crippen LogP contribution in [0.25, 0.3) is 0 Å². The van der Waals surface area contributed by atoms with Gasteiger partial charge in [-0.25, -0.2) is 0 Å². The lowest BCUT2D eigenvalue weighted by Gasteiger charge is -2.01. The van der Waals surface area contributed by atoms with Gasteiger partial charge in [-0.3, -0.25) is 0 Å². The molecular weight excluding hydrogens is 148 g/mol. The van der Waals surface area contributed by atoms with Crippen molar-refractivity contribution in [2.75, 3.05) is 13.7 Å². The fourth-order valence-corrected chi connectivity index (χ4v) is 2.63. The first-order valence-corrected chi connectivity index (χ1v) is 5.21. The zero-order valence-corrected chi connectivity index (χ0v) is 8.84. The molecule has 0 aromatic heterocycles. The Balaban J connectivity index is 2.32. The Bertz CT molecular complexity index is 119. The van der Waals surface area contributed by atoms with Crippen molar-refractivity contribution in [2.45, 2.75) is 33.6 Å². The van der Waals surface area contributed by atoms with E-state index in [-0.39, 0.29) is 0 Å². The molecule has 1 nitrogen and oxygen atoms in total. The van der Waals surface area contributed by atoms with E-state index in [1.165, 1.54) is 12.8 Å². The van der Waals surface area contributed by atoms with Gasteiger partial charge in [-0.15, -0.1) is 0 Å². The van der Waals surface area contributed by atoms with Crippen molar-refractivity contribution in [3.05, 3.63) is 0 Å². The minimum Gasteiger partial charge on any atom is -0.384 e. The smallest absolute Gasteiger partial charge is 0.0496 e. The Kier molecular flexibility index (Phi) is 3.57. The maximum Gasteiger partial charge on any atom is 0.0496 e. The highest BCUT2D eigenvalue weighted by Crippen LogP contribution is 2.53. The van der Waals surface area contributed by atoms with Crippen LogP contribution in [-0.2, 0) is 4.74 Å². The lowest BCUT2D eigenvalue weighted by atomic mass is 10.1. The Morgan fingerprint density at radius 2 is 1.92 bits per heavy atom. The maximum absolute atomic E-state index is 5.22. The second-order valence-electron chi connectivity index (χ2n) is 4.39. The molecule has 1 aliphatic rings. The molecule has 1 rings (SSSR count). The first kappa shape index (κ1) is 10.0. The third kappa shape index (κ3) is 2.01. The summed E-state index contributed by atoms with van der Waals surface area (Å²) in [5.74, 6) is 3.64. The zero-order valence-electron chi connectivity index (χ0n) is 8.84. The van der Waals surface area contributed by atoms with Crippen molar-refractivity contribution in [1.29, 1.82) is 0 Å². The van der Waals surface area contributed by atoms with Gasteiger partial charge in [0.2, 0.25) is 0 Å². The zero-order chi connectivity index (χ0) is 9.14. The van der Waals surface area contributed by atoms with E-state index in [1.54, 1.807) is 0 Å². The summed E-state index contributed by atoms with van der Waals surface area (Å²) in [7, 11) is 1.82. The number of hydrogen-bond donors (Lipinski definition) is 0. The number of rotatable bonds is 5. The van der Waals surface area contributed by atoms with Crippen LogP contribution in [0.1, 0.15) is 33.6 Å². The molecule has 0 saturated heterocycles. The van der Waals surface area contributed by atoms with Crippen LogP contribution < -0.4 is 0 Å². The molecule has 3 atom stereocenters. The molecule has 0 aromatic rings. The SMILES string of the molecule is CCCC1C(COC)C1C(C)C. The summed E-state index contributed by atoms with van der Waals surface area (Å²) in [5, 5.41) is 0. The molecule has 1 fully saturated rings. The summed E-state index contributed by atoms with van der Waals surface area (Å²) in [5.41, 5.74) is 0. The van der Waals surface area contributed by atoms with Crippen LogP contribution in [0.15, 0.2) is 0 Å². The molecule has 1 saturated carbocycles. The van der Waals surface area contributed by atoms with Gasteiger partial charge in [0.1, 0.15) is 0 Å². The van der Waals surface area contributed by atoms with Crippen LogP contribution in [0, 0.1) is 23.7 Å². The van der Waals surface area contributed by atoms with E-state index >= 15 is 0 Å². The first-order valence-electron chi connectivity index (χ1n) is 5.21. The van der Waals surface area contributed by atoms with Gasteiger partial charge in [0.15, 0.2) is 0 Å². The fourth-order valence-electron chi connectivity index (χ4n) is 2.63. The Labute approximate surface area is 76.5 Å². The molecule has 0 amide bonds. The molecule has 3 unspecified atom stereocenters. The first-order chi connectivity index (χ1) is 5.72. The van der Waals surface area contributed by atoms with E-state index in [9.17, 15) is 0 Å². The van der Waals surface area contributed by atoms with E-state index in [1.807, 2.05) is 7.11 Å². The Hall–Kier alpha value is -0.0400. The highest BCUT2D eigenvalue weighted by atomic mass is 16.5. The van der Waals surface area contributed by atoms with Crippen LogP contribution in [0.5, 0.6) is 0 Å². The van der Waals surface area contributed by atoms with Gasteiger partial charge in [-0.1, -0.05) is 33.6 Å². The van der Waals surface area contributed by atoms with Crippen LogP contribution in [-0.4, -0.2) is 13.7 Å². The average Bonchev–Trinajstić information content (AvgIpc) is 2.65. The van der Waals surface area contributed by atoms with Crippen molar-refractivity contribution in [1.82, 2.24) is 0 Å². The Morgan fingerprint density at radius 3 is 2.33 bits per heavy atom. The van der Waals surface area contributed by atoms with E-state index in [2.05, 4.69) is 20.8 Å². The number of ether oxygens (including phenoxy) is 1. The van der Waals surface area contributed by atoms with E-state index in [0.717, 1.165) is 30.3 Å². The van der Waals surface area contributed by atoms with Gasteiger partial charge in [-0.2, -0.15) is 0 Å². The molecule has 12 heavy (non-hydrogen) atoms. The van der Waals surface area contributed by atoms with Gasteiger partial charge in [-0.05, 0) is 23.7 Å². The van der Waals surface area contributed by atoms with Crippen LogP contribution >= 0.6 is 0 Å². The minimum atomic E-state index is 0.849. The lowest BCUT2D eigenvalue weighted by Crippen LogP contribution is -1.97. The topological polar surface area (TPSA) is 9.23 Å². The standard InChI is InChI=1S/C11H22O/c1-5-6-9-10(7-12-4)11(9)8(2)3/h8-11H,5-7H2,1-4H3. The molecule has 0 radical (unpaired) electrons. The van der Waals surface area contributed by atoms with Crippen LogP contribution in [0.4, 0.5) is 0 Å². The quantitative estimate of drug-likeness (QED) is 0.616. The third-order valence-corrected chi connectivity index (χ3v) is 3.15. The monoisotopic (exact) mass is 170 g/mol. The van der Waals surface area contributed by atoms with Crippen molar-refractivity contribution >= 4 is 0 Å². The Morgan fingerprint density at radius 1 is 1.25 bits per heavy atom. The molecule has 0 aliphatic heterocycles. The predicted molar refractivity (Wildman–Crippen MR) is 52.1 cm³/mol. The van der Waals surface area contributed by atoms with Crippen molar-refractivity contribution in [2.24, 2.45) is 23.7 Å². The molecule has 0 heterocycles. The summed E-state index contributed by atoms with van der Waals surface area (Å²) < 4.78 is 5.22. The molecule has 0 aromatic carbocycles. The molecule has 1 heteroatoms. The summed E-state index contributed by atoms with van der Waals surface area (Å²) in [6, 6.07) is 0. The molecular formula is C11H22O.